The van der Waals surface area contributed by atoms with Crippen molar-refractivity contribution < 1.29 is 0 Å². The van der Waals surface area contributed by atoms with Crippen LogP contribution in [-0.2, 0) is 0 Å². The fourth-order valence-corrected chi connectivity index (χ4v) is 2.53. The minimum atomic E-state index is 0.779. The van der Waals surface area contributed by atoms with E-state index in [1.807, 2.05) is 0 Å². The number of nitrogens with two attached hydrogens (primary N) is 1. The third-order valence-corrected chi connectivity index (χ3v) is 3.81. The molecule has 0 aromatic heterocycles. The van der Waals surface area contributed by atoms with Crippen molar-refractivity contribution in [1.82, 2.24) is 9.80 Å². The number of rotatable bonds is 7. The predicted octanol–water partition coefficient (Wildman–Crippen LogP) is 1.39. The SMILES string of the molecule is CC(CCN)CCCN1CCC(N(C)C)C1. The van der Waals surface area contributed by atoms with Crippen molar-refractivity contribution >= 4 is 0 Å². The molecule has 0 amide bonds. The fourth-order valence-electron chi connectivity index (χ4n) is 2.53. The first-order valence-corrected chi connectivity index (χ1v) is 6.72. The van der Waals surface area contributed by atoms with Crippen LogP contribution in [0.15, 0.2) is 0 Å². The van der Waals surface area contributed by atoms with Crippen LogP contribution >= 0.6 is 0 Å². The molecule has 3 heteroatoms. The Morgan fingerprint density at radius 2 is 2.12 bits per heavy atom. The second-order valence-electron chi connectivity index (χ2n) is 5.53. The Balaban J connectivity index is 2.06. The van der Waals surface area contributed by atoms with Crippen molar-refractivity contribution in [3.05, 3.63) is 0 Å². The normalized spacial score (nSPS) is 24.2. The molecule has 1 heterocycles. The smallest absolute Gasteiger partial charge is 0.0229 e. The standard InChI is InChI=1S/C13H29N3/c1-12(6-8-14)5-4-9-16-10-7-13(11-16)15(2)3/h12-13H,4-11,14H2,1-3H3. The number of nitrogens with zero attached hydrogens (tertiary/aromatic N) is 2. The van der Waals surface area contributed by atoms with Crippen molar-refractivity contribution in [2.45, 2.75) is 38.6 Å². The van der Waals surface area contributed by atoms with E-state index < -0.39 is 0 Å². The largest absolute Gasteiger partial charge is 0.330 e. The highest BCUT2D eigenvalue weighted by Crippen LogP contribution is 2.15. The van der Waals surface area contributed by atoms with E-state index in [4.69, 9.17) is 5.73 Å². The van der Waals surface area contributed by atoms with Crippen molar-refractivity contribution in [2.75, 3.05) is 40.3 Å². The summed E-state index contributed by atoms with van der Waals surface area (Å²) in [5.74, 6) is 0.803. The quantitative estimate of drug-likeness (QED) is 0.713. The second-order valence-corrected chi connectivity index (χ2v) is 5.53. The molecule has 0 aliphatic carbocycles. The molecule has 0 spiro atoms. The van der Waals surface area contributed by atoms with Gasteiger partial charge in [0.25, 0.3) is 0 Å². The van der Waals surface area contributed by atoms with Crippen LogP contribution in [0.5, 0.6) is 0 Å². The average molecular weight is 227 g/mol. The molecule has 1 fully saturated rings. The number of likely N-dealkylation sites (N-methyl/N-ethyl adjacent to an activating group) is 1. The van der Waals surface area contributed by atoms with Gasteiger partial charge >= 0.3 is 0 Å². The third-order valence-electron chi connectivity index (χ3n) is 3.81. The number of hydrogen-bond donors (Lipinski definition) is 1. The maximum atomic E-state index is 5.56. The van der Waals surface area contributed by atoms with Gasteiger partial charge in [-0.2, -0.15) is 0 Å². The van der Waals surface area contributed by atoms with Crippen molar-refractivity contribution in [3.63, 3.8) is 0 Å². The Morgan fingerprint density at radius 3 is 2.69 bits per heavy atom. The monoisotopic (exact) mass is 227 g/mol. The van der Waals surface area contributed by atoms with Gasteiger partial charge in [-0.25, -0.2) is 0 Å². The van der Waals surface area contributed by atoms with Crippen molar-refractivity contribution in [2.24, 2.45) is 11.7 Å². The van der Waals surface area contributed by atoms with Crippen LogP contribution in [0.1, 0.15) is 32.6 Å². The van der Waals surface area contributed by atoms with E-state index in [2.05, 4.69) is 30.8 Å². The van der Waals surface area contributed by atoms with Crippen LogP contribution in [0.3, 0.4) is 0 Å². The molecule has 2 atom stereocenters. The molecular weight excluding hydrogens is 198 g/mol. The maximum Gasteiger partial charge on any atom is 0.0229 e. The van der Waals surface area contributed by atoms with Gasteiger partial charge in [0, 0.05) is 12.6 Å². The summed E-state index contributed by atoms with van der Waals surface area (Å²) in [4.78, 5) is 4.97. The Bertz CT molecular complexity index is 182. The highest BCUT2D eigenvalue weighted by molar-refractivity contribution is 4.80. The zero-order valence-corrected chi connectivity index (χ0v) is 11.3. The molecule has 1 saturated heterocycles. The Labute approximate surface area is 101 Å². The minimum Gasteiger partial charge on any atom is -0.330 e. The lowest BCUT2D eigenvalue weighted by Gasteiger charge is -2.20. The zero-order chi connectivity index (χ0) is 12.0. The Kier molecular flexibility index (Phi) is 6.32. The minimum absolute atomic E-state index is 0.779. The van der Waals surface area contributed by atoms with E-state index in [0.29, 0.717) is 0 Å². The van der Waals surface area contributed by atoms with E-state index in [-0.39, 0.29) is 0 Å². The van der Waals surface area contributed by atoms with Crippen LogP contribution in [0.4, 0.5) is 0 Å². The topological polar surface area (TPSA) is 32.5 Å². The lowest BCUT2D eigenvalue weighted by atomic mass is 10.0. The van der Waals surface area contributed by atoms with Crippen LogP contribution < -0.4 is 5.73 Å². The van der Waals surface area contributed by atoms with E-state index in [1.165, 1.54) is 45.3 Å². The molecule has 1 aliphatic heterocycles. The summed E-state index contributed by atoms with van der Waals surface area (Å²) in [6, 6.07) is 0.779. The summed E-state index contributed by atoms with van der Waals surface area (Å²) in [5.41, 5.74) is 5.56. The van der Waals surface area contributed by atoms with Crippen molar-refractivity contribution in [1.29, 1.82) is 0 Å². The highest BCUT2D eigenvalue weighted by atomic mass is 15.2. The fraction of sp³-hybridized carbons (Fsp3) is 1.00. The first-order valence-electron chi connectivity index (χ1n) is 6.72. The van der Waals surface area contributed by atoms with Crippen LogP contribution in [-0.4, -0.2) is 56.1 Å². The summed E-state index contributed by atoms with van der Waals surface area (Å²) in [6.07, 6.45) is 5.19. The summed E-state index contributed by atoms with van der Waals surface area (Å²) in [7, 11) is 4.38. The molecule has 0 aromatic rings. The van der Waals surface area contributed by atoms with Crippen molar-refractivity contribution in [3.8, 4) is 0 Å². The maximum absolute atomic E-state index is 5.56. The lowest BCUT2D eigenvalue weighted by Crippen LogP contribution is -2.31. The third kappa shape index (κ3) is 4.81. The molecule has 0 saturated carbocycles. The molecule has 0 bridgehead atoms. The van der Waals surface area contributed by atoms with Gasteiger partial charge in [-0.1, -0.05) is 6.92 Å². The number of likely N-dealkylation sites (tertiary alicyclic amines) is 1. The van der Waals surface area contributed by atoms with Gasteiger partial charge in [0.15, 0.2) is 0 Å². The first-order chi connectivity index (χ1) is 7.63. The predicted molar refractivity (Wildman–Crippen MR) is 70.6 cm³/mol. The molecular formula is C13H29N3. The van der Waals surface area contributed by atoms with Crippen LogP contribution in [0, 0.1) is 5.92 Å². The summed E-state index contributed by atoms with van der Waals surface area (Å²) >= 11 is 0. The molecule has 2 N–H and O–H groups in total. The van der Waals surface area contributed by atoms with Gasteiger partial charge in [-0.15, -0.1) is 0 Å². The van der Waals surface area contributed by atoms with Crippen LogP contribution in [0.25, 0.3) is 0 Å². The molecule has 1 rings (SSSR count). The molecule has 3 nitrogen and oxygen atoms in total. The zero-order valence-electron chi connectivity index (χ0n) is 11.3. The van der Waals surface area contributed by atoms with Gasteiger partial charge < -0.3 is 15.5 Å². The molecule has 1 aliphatic rings. The van der Waals surface area contributed by atoms with Gasteiger partial charge in [0.1, 0.15) is 0 Å². The van der Waals surface area contributed by atoms with Gasteiger partial charge in [0.2, 0.25) is 0 Å². The Morgan fingerprint density at radius 1 is 1.38 bits per heavy atom. The number of hydrogen-bond acceptors (Lipinski definition) is 3. The van der Waals surface area contributed by atoms with Crippen LogP contribution in [0.2, 0.25) is 0 Å². The Hall–Kier alpha value is -0.120. The van der Waals surface area contributed by atoms with E-state index in [0.717, 1.165) is 18.5 Å². The molecule has 0 aromatic carbocycles. The lowest BCUT2D eigenvalue weighted by molar-refractivity contribution is 0.262. The first kappa shape index (κ1) is 13.9. The van der Waals surface area contributed by atoms with E-state index in [1.54, 1.807) is 0 Å². The molecule has 0 radical (unpaired) electrons. The molecule has 16 heavy (non-hydrogen) atoms. The highest BCUT2D eigenvalue weighted by Gasteiger charge is 2.23. The van der Waals surface area contributed by atoms with E-state index >= 15 is 0 Å². The average Bonchev–Trinajstić information content (AvgIpc) is 2.67. The summed E-state index contributed by atoms with van der Waals surface area (Å²) < 4.78 is 0. The van der Waals surface area contributed by atoms with Gasteiger partial charge in [-0.05, 0) is 65.3 Å². The van der Waals surface area contributed by atoms with Gasteiger partial charge in [0.05, 0.1) is 0 Å². The molecule has 2 unspecified atom stereocenters. The summed E-state index contributed by atoms with van der Waals surface area (Å²) in [6.45, 7) is 6.98. The van der Waals surface area contributed by atoms with Gasteiger partial charge in [-0.3, -0.25) is 0 Å². The summed E-state index contributed by atoms with van der Waals surface area (Å²) in [5, 5.41) is 0. The second kappa shape index (κ2) is 7.25. The van der Waals surface area contributed by atoms with E-state index in [9.17, 15) is 0 Å². The molecule has 96 valence electrons.